The lowest BCUT2D eigenvalue weighted by atomic mass is 9.92. The van der Waals surface area contributed by atoms with Crippen molar-refractivity contribution in [2.75, 3.05) is 13.2 Å². The lowest BCUT2D eigenvalue weighted by Gasteiger charge is -2.49. The molecule has 0 bridgehead atoms. The molecule has 1 aliphatic rings. The van der Waals surface area contributed by atoms with E-state index >= 15 is 0 Å². The fourth-order valence-corrected chi connectivity index (χ4v) is 3.82. The van der Waals surface area contributed by atoms with Crippen molar-refractivity contribution in [3.63, 3.8) is 0 Å². The third-order valence-corrected chi connectivity index (χ3v) is 5.95. The predicted octanol–water partition coefficient (Wildman–Crippen LogP) is 4.18. The van der Waals surface area contributed by atoms with E-state index in [4.69, 9.17) is 18.9 Å². The van der Waals surface area contributed by atoms with Crippen LogP contribution in [0.25, 0.3) is 0 Å². The van der Waals surface area contributed by atoms with Crippen LogP contribution in [0.4, 0.5) is 0 Å². The molecule has 6 nitrogen and oxygen atoms in total. The molecule has 3 rings (SSSR count). The summed E-state index contributed by atoms with van der Waals surface area (Å²) in [6, 6.07) is 20.0. The lowest BCUT2D eigenvalue weighted by molar-refractivity contribution is -0.398. The van der Waals surface area contributed by atoms with E-state index in [1.807, 2.05) is 60.7 Å². The van der Waals surface area contributed by atoms with Crippen molar-refractivity contribution in [3.8, 4) is 0 Å². The van der Waals surface area contributed by atoms with E-state index in [2.05, 4.69) is 0 Å². The Labute approximate surface area is 191 Å². The van der Waals surface area contributed by atoms with Crippen LogP contribution in [0.3, 0.4) is 0 Å². The van der Waals surface area contributed by atoms with Crippen LogP contribution in [-0.4, -0.2) is 47.2 Å². The minimum absolute atomic E-state index is 0.510. The zero-order valence-corrected chi connectivity index (χ0v) is 19.1. The molecule has 1 saturated heterocycles. The van der Waals surface area contributed by atoms with Crippen LogP contribution in [0.1, 0.15) is 50.7 Å². The number of benzene rings is 2. The van der Waals surface area contributed by atoms with Gasteiger partial charge in [-0.15, -0.1) is 0 Å². The average molecular weight is 445 g/mol. The highest BCUT2D eigenvalue weighted by molar-refractivity contribution is 5.14. The zero-order valence-electron chi connectivity index (χ0n) is 19.1. The van der Waals surface area contributed by atoms with E-state index in [1.54, 1.807) is 13.8 Å². The molecule has 4 unspecified atom stereocenters. The van der Waals surface area contributed by atoms with Gasteiger partial charge in [0.1, 0.15) is 11.2 Å². The normalized spacial score (nSPS) is 28.0. The summed E-state index contributed by atoms with van der Waals surface area (Å²) in [5.41, 5.74) is 0.266. The van der Waals surface area contributed by atoms with Crippen LogP contribution in [0.2, 0.25) is 0 Å². The molecule has 32 heavy (non-hydrogen) atoms. The average Bonchev–Trinajstić information content (AvgIpc) is 2.79. The number of hydrogen-bond acceptors (Lipinski definition) is 6. The molecule has 0 radical (unpaired) electrons. The fraction of sp³-hybridized carbons (Fsp3) is 0.538. The first-order chi connectivity index (χ1) is 15.4. The SMILES string of the molecule is CC1(CCCOCc2ccccc2)OC(O)C(C)(CCCOCc2ccccc2)OC1O. The van der Waals surface area contributed by atoms with Gasteiger partial charge in [0, 0.05) is 13.2 Å². The third-order valence-electron chi connectivity index (χ3n) is 5.95. The molecule has 0 aliphatic carbocycles. The number of aliphatic hydroxyl groups is 2. The maximum absolute atomic E-state index is 10.6. The van der Waals surface area contributed by atoms with Gasteiger partial charge in [-0.05, 0) is 50.7 Å². The molecular formula is C26H36O6. The van der Waals surface area contributed by atoms with Crippen LogP contribution in [0.5, 0.6) is 0 Å². The zero-order chi connectivity index (χ0) is 22.9. The van der Waals surface area contributed by atoms with E-state index in [0.29, 0.717) is 52.1 Å². The number of aliphatic hydroxyl groups excluding tert-OH is 2. The van der Waals surface area contributed by atoms with Crippen molar-refractivity contribution in [2.24, 2.45) is 0 Å². The van der Waals surface area contributed by atoms with Crippen LogP contribution < -0.4 is 0 Å². The predicted molar refractivity (Wildman–Crippen MR) is 122 cm³/mol. The van der Waals surface area contributed by atoms with Crippen molar-refractivity contribution >= 4 is 0 Å². The van der Waals surface area contributed by atoms with Crippen molar-refractivity contribution in [1.82, 2.24) is 0 Å². The molecule has 0 aromatic heterocycles. The van der Waals surface area contributed by atoms with Crippen LogP contribution in [0.15, 0.2) is 60.7 Å². The summed E-state index contributed by atoms with van der Waals surface area (Å²) in [5, 5.41) is 21.3. The van der Waals surface area contributed by atoms with Crippen LogP contribution >= 0.6 is 0 Å². The quantitative estimate of drug-likeness (QED) is 0.478. The summed E-state index contributed by atoms with van der Waals surface area (Å²) in [4.78, 5) is 0. The fourth-order valence-electron chi connectivity index (χ4n) is 3.82. The van der Waals surface area contributed by atoms with E-state index in [-0.39, 0.29) is 0 Å². The summed E-state index contributed by atoms with van der Waals surface area (Å²) in [6.45, 7) is 5.69. The van der Waals surface area contributed by atoms with E-state index in [1.165, 1.54) is 0 Å². The molecule has 2 aromatic carbocycles. The highest BCUT2D eigenvalue weighted by Crippen LogP contribution is 2.38. The molecule has 1 fully saturated rings. The van der Waals surface area contributed by atoms with Gasteiger partial charge in [0.15, 0.2) is 12.6 Å². The van der Waals surface area contributed by atoms with E-state index in [9.17, 15) is 10.2 Å². The first-order valence-electron chi connectivity index (χ1n) is 11.4. The van der Waals surface area contributed by atoms with Crippen molar-refractivity contribution in [2.45, 2.75) is 76.5 Å². The van der Waals surface area contributed by atoms with Gasteiger partial charge in [0.25, 0.3) is 0 Å². The van der Waals surface area contributed by atoms with Crippen molar-refractivity contribution in [1.29, 1.82) is 0 Å². The number of hydrogen-bond donors (Lipinski definition) is 2. The molecule has 0 saturated carbocycles. The minimum atomic E-state index is -1.13. The smallest absolute Gasteiger partial charge is 0.184 e. The first kappa shape index (κ1) is 24.8. The lowest BCUT2D eigenvalue weighted by Crippen LogP contribution is -2.61. The van der Waals surface area contributed by atoms with Gasteiger partial charge in [0.2, 0.25) is 0 Å². The summed E-state index contributed by atoms with van der Waals surface area (Å²) >= 11 is 0. The van der Waals surface area contributed by atoms with Gasteiger partial charge in [0.05, 0.1) is 13.2 Å². The maximum Gasteiger partial charge on any atom is 0.184 e. The van der Waals surface area contributed by atoms with Crippen LogP contribution in [-0.2, 0) is 32.2 Å². The number of rotatable bonds is 12. The van der Waals surface area contributed by atoms with Gasteiger partial charge >= 0.3 is 0 Å². The summed E-state index contributed by atoms with van der Waals surface area (Å²) in [5.74, 6) is 0. The topological polar surface area (TPSA) is 77.4 Å². The summed E-state index contributed by atoms with van der Waals surface area (Å²) in [6.07, 6.45) is 0.124. The second kappa shape index (κ2) is 11.9. The molecule has 1 aliphatic heterocycles. The van der Waals surface area contributed by atoms with E-state index < -0.39 is 23.8 Å². The molecular weight excluding hydrogens is 408 g/mol. The van der Waals surface area contributed by atoms with Gasteiger partial charge in [-0.1, -0.05) is 60.7 Å². The first-order valence-corrected chi connectivity index (χ1v) is 11.4. The molecule has 6 heteroatoms. The van der Waals surface area contributed by atoms with Gasteiger partial charge in [-0.25, -0.2) is 0 Å². The van der Waals surface area contributed by atoms with Gasteiger partial charge in [-0.2, -0.15) is 0 Å². The Morgan fingerprint density at radius 2 is 1.06 bits per heavy atom. The molecule has 1 heterocycles. The second-order valence-corrected chi connectivity index (χ2v) is 8.85. The Kier molecular flexibility index (Phi) is 9.22. The molecule has 2 aromatic rings. The Balaban J connectivity index is 1.36. The molecule has 176 valence electrons. The van der Waals surface area contributed by atoms with Gasteiger partial charge < -0.3 is 29.2 Å². The van der Waals surface area contributed by atoms with E-state index in [0.717, 1.165) is 11.1 Å². The highest BCUT2D eigenvalue weighted by Gasteiger charge is 2.51. The standard InChI is InChI=1S/C26H36O6/c1-25(15-9-17-29-19-21-11-5-3-6-12-21)23(27)32-26(2,24(28)31-25)16-10-18-30-20-22-13-7-4-8-14-22/h3-8,11-14,23-24,27-28H,9-10,15-20H2,1-2H3. The van der Waals surface area contributed by atoms with Crippen molar-refractivity contribution < 1.29 is 29.2 Å². The number of ether oxygens (including phenoxy) is 4. The monoisotopic (exact) mass is 444 g/mol. The highest BCUT2D eigenvalue weighted by atomic mass is 16.7. The Bertz CT molecular complexity index is 718. The largest absolute Gasteiger partial charge is 0.377 e. The maximum atomic E-state index is 10.6. The molecule has 4 atom stereocenters. The van der Waals surface area contributed by atoms with Crippen LogP contribution in [0, 0.1) is 0 Å². The molecule has 2 N–H and O–H groups in total. The van der Waals surface area contributed by atoms with Crippen molar-refractivity contribution in [3.05, 3.63) is 71.8 Å². The van der Waals surface area contributed by atoms with Gasteiger partial charge in [-0.3, -0.25) is 0 Å². The molecule has 0 spiro atoms. The minimum Gasteiger partial charge on any atom is -0.377 e. The third kappa shape index (κ3) is 7.10. The summed E-state index contributed by atoms with van der Waals surface area (Å²) < 4.78 is 23.2. The Hall–Kier alpha value is -1.80. The Morgan fingerprint density at radius 1 is 0.688 bits per heavy atom. The molecule has 0 amide bonds. The second-order valence-electron chi connectivity index (χ2n) is 8.85. The summed E-state index contributed by atoms with van der Waals surface area (Å²) in [7, 11) is 0. The Morgan fingerprint density at radius 3 is 1.44 bits per heavy atom.